The van der Waals surface area contributed by atoms with Gasteiger partial charge in [-0.1, -0.05) is 18.2 Å². The van der Waals surface area contributed by atoms with Crippen molar-refractivity contribution in [2.45, 2.75) is 12.8 Å². The Hall–Kier alpha value is -1.75. The first-order valence-corrected chi connectivity index (χ1v) is 8.50. The molecule has 112 valence electrons. The van der Waals surface area contributed by atoms with Crippen molar-refractivity contribution in [1.82, 2.24) is 10.3 Å². The van der Waals surface area contributed by atoms with Gasteiger partial charge in [0.1, 0.15) is 5.82 Å². The zero-order chi connectivity index (χ0) is 15.1. The van der Waals surface area contributed by atoms with Gasteiger partial charge in [-0.25, -0.2) is 4.98 Å². The molecule has 0 fully saturated rings. The van der Waals surface area contributed by atoms with Crippen LogP contribution in [0.1, 0.15) is 23.2 Å². The van der Waals surface area contributed by atoms with Crippen LogP contribution in [-0.2, 0) is 0 Å². The third kappa shape index (κ3) is 4.11. The molecule has 0 bridgehead atoms. The fourth-order valence-corrected chi connectivity index (χ4v) is 2.65. The van der Waals surface area contributed by atoms with Crippen LogP contribution < -0.4 is 10.6 Å². The number of fused-ring (bicyclic) bond motifs is 1. The van der Waals surface area contributed by atoms with E-state index in [1.807, 2.05) is 36.0 Å². The summed E-state index contributed by atoms with van der Waals surface area (Å²) in [5, 5.41) is 6.89. The Kier molecular flexibility index (Phi) is 5.87. The highest BCUT2D eigenvalue weighted by atomic mass is 32.2. The third-order valence-electron chi connectivity index (χ3n) is 3.28. The summed E-state index contributed by atoms with van der Waals surface area (Å²) in [4.78, 5) is 16.9. The maximum absolute atomic E-state index is 12.4. The van der Waals surface area contributed by atoms with Crippen molar-refractivity contribution in [3.63, 3.8) is 0 Å². The first-order chi connectivity index (χ1) is 10.3. The van der Waals surface area contributed by atoms with Gasteiger partial charge >= 0.3 is 0 Å². The van der Waals surface area contributed by atoms with Gasteiger partial charge in [0, 0.05) is 19.0 Å². The number of unbranched alkanes of at least 4 members (excludes halogenated alkanes) is 1. The lowest BCUT2D eigenvalue weighted by atomic mass is 10.1. The number of thioether (sulfide) groups is 1. The van der Waals surface area contributed by atoms with Crippen molar-refractivity contribution in [2.24, 2.45) is 0 Å². The molecule has 1 aromatic heterocycles. The molecule has 0 atom stereocenters. The van der Waals surface area contributed by atoms with Crippen molar-refractivity contribution < 1.29 is 4.79 Å². The van der Waals surface area contributed by atoms with E-state index in [4.69, 9.17) is 0 Å². The van der Waals surface area contributed by atoms with Crippen molar-refractivity contribution in [1.29, 1.82) is 0 Å². The molecule has 0 saturated carbocycles. The maximum atomic E-state index is 12.4. The second-order valence-electron chi connectivity index (χ2n) is 4.78. The first-order valence-electron chi connectivity index (χ1n) is 7.11. The van der Waals surface area contributed by atoms with E-state index in [1.54, 1.807) is 13.1 Å². The van der Waals surface area contributed by atoms with Crippen LogP contribution in [0.3, 0.4) is 0 Å². The van der Waals surface area contributed by atoms with Gasteiger partial charge in [0.05, 0.1) is 11.1 Å². The zero-order valence-corrected chi connectivity index (χ0v) is 13.3. The Morgan fingerprint density at radius 1 is 1.29 bits per heavy atom. The monoisotopic (exact) mass is 303 g/mol. The number of rotatable bonds is 7. The number of aromatic nitrogens is 1. The molecule has 2 N–H and O–H groups in total. The topological polar surface area (TPSA) is 54.0 Å². The molecule has 0 aliphatic heterocycles. The molecule has 1 amide bonds. The SMILES string of the molecule is CNc1cc(C(=O)NCCCCSC)c2ccccc2n1. The summed E-state index contributed by atoms with van der Waals surface area (Å²) in [5.74, 6) is 1.81. The summed E-state index contributed by atoms with van der Waals surface area (Å²) in [7, 11) is 1.81. The Morgan fingerprint density at radius 2 is 2.10 bits per heavy atom. The Labute approximate surface area is 129 Å². The molecule has 0 spiro atoms. The van der Waals surface area contributed by atoms with Crippen molar-refractivity contribution in [2.75, 3.05) is 30.9 Å². The Morgan fingerprint density at radius 3 is 2.86 bits per heavy atom. The number of nitrogens with zero attached hydrogens (tertiary/aromatic N) is 1. The van der Waals surface area contributed by atoms with E-state index in [2.05, 4.69) is 21.9 Å². The number of nitrogens with one attached hydrogen (secondary N) is 2. The van der Waals surface area contributed by atoms with E-state index in [9.17, 15) is 4.79 Å². The zero-order valence-electron chi connectivity index (χ0n) is 12.5. The Bertz CT molecular complexity index is 615. The van der Waals surface area contributed by atoms with Crippen LogP contribution in [0, 0.1) is 0 Å². The molecule has 0 saturated heterocycles. The van der Waals surface area contributed by atoms with Crippen LogP contribution >= 0.6 is 11.8 Å². The number of pyridine rings is 1. The number of amides is 1. The van der Waals surface area contributed by atoms with Gasteiger partial charge in [-0.3, -0.25) is 4.79 Å². The molecule has 1 heterocycles. The number of anilines is 1. The van der Waals surface area contributed by atoms with Gasteiger partial charge in [-0.2, -0.15) is 11.8 Å². The fraction of sp³-hybridized carbons (Fsp3) is 0.375. The normalized spacial score (nSPS) is 10.6. The fourth-order valence-electron chi connectivity index (χ4n) is 2.16. The molecular formula is C16H21N3OS. The van der Waals surface area contributed by atoms with Crippen LogP contribution in [0.15, 0.2) is 30.3 Å². The van der Waals surface area contributed by atoms with E-state index < -0.39 is 0 Å². The Balaban J connectivity index is 2.14. The number of carbonyl (C=O) groups excluding carboxylic acids is 1. The summed E-state index contributed by atoms with van der Waals surface area (Å²) in [6.07, 6.45) is 4.23. The number of carbonyl (C=O) groups is 1. The molecule has 1 aromatic carbocycles. The van der Waals surface area contributed by atoms with E-state index in [0.29, 0.717) is 17.9 Å². The van der Waals surface area contributed by atoms with E-state index >= 15 is 0 Å². The predicted molar refractivity (Wildman–Crippen MR) is 91.2 cm³/mol. The second-order valence-corrected chi connectivity index (χ2v) is 5.76. The van der Waals surface area contributed by atoms with Crippen LogP contribution in [0.5, 0.6) is 0 Å². The van der Waals surface area contributed by atoms with Gasteiger partial charge < -0.3 is 10.6 Å². The molecule has 2 rings (SSSR count). The highest BCUT2D eigenvalue weighted by molar-refractivity contribution is 7.98. The van der Waals surface area contributed by atoms with Gasteiger partial charge in [-0.05, 0) is 37.0 Å². The number of hydrogen-bond acceptors (Lipinski definition) is 4. The molecule has 2 aromatic rings. The summed E-state index contributed by atoms with van der Waals surface area (Å²) < 4.78 is 0. The van der Waals surface area contributed by atoms with Crippen LogP contribution in [-0.4, -0.2) is 36.5 Å². The average molecular weight is 303 g/mol. The lowest BCUT2D eigenvalue weighted by Gasteiger charge is -2.10. The third-order valence-corrected chi connectivity index (χ3v) is 3.97. The lowest BCUT2D eigenvalue weighted by Crippen LogP contribution is -2.25. The summed E-state index contributed by atoms with van der Waals surface area (Å²) in [5.41, 5.74) is 1.51. The number of benzene rings is 1. The summed E-state index contributed by atoms with van der Waals surface area (Å²) in [6, 6.07) is 9.52. The van der Waals surface area contributed by atoms with E-state index in [0.717, 1.165) is 29.5 Å². The quantitative estimate of drug-likeness (QED) is 0.772. The van der Waals surface area contributed by atoms with Gasteiger partial charge in [-0.15, -0.1) is 0 Å². The molecular weight excluding hydrogens is 282 g/mol. The van der Waals surface area contributed by atoms with Gasteiger partial charge in [0.15, 0.2) is 0 Å². The molecule has 0 unspecified atom stereocenters. The van der Waals surface area contributed by atoms with Crippen LogP contribution in [0.4, 0.5) is 5.82 Å². The predicted octanol–water partition coefficient (Wildman–Crippen LogP) is 3.15. The largest absolute Gasteiger partial charge is 0.373 e. The minimum atomic E-state index is -0.0331. The summed E-state index contributed by atoms with van der Waals surface area (Å²) >= 11 is 1.83. The molecule has 5 heteroatoms. The number of hydrogen-bond donors (Lipinski definition) is 2. The van der Waals surface area contributed by atoms with Crippen LogP contribution in [0.2, 0.25) is 0 Å². The first kappa shape index (κ1) is 15.6. The summed E-state index contributed by atoms with van der Waals surface area (Å²) in [6.45, 7) is 0.713. The number of para-hydroxylation sites is 1. The minimum absolute atomic E-state index is 0.0331. The van der Waals surface area contributed by atoms with Crippen molar-refractivity contribution in [3.05, 3.63) is 35.9 Å². The molecule has 0 aliphatic rings. The lowest BCUT2D eigenvalue weighted by molar-refractivity contribution is 0.0955. The van der Waals surface area contributed by atoms with Crippen LogP contribution in [0.25, 0.3) is 10.9 Å². The van der Waals surface area contributed by atoms with Crippen molar-refractivity contribution >= 4 is 34.4 Å². The highest BCUT2D eigenvalue weighted by Crippen LogP contribution is 2.20. The highest BCUT2D eigenvalue weighted by Gasteiger charge is 2.11. The molecule has 0 radical (unpaired) electrons. The molecule has 0 aliphatic carbocycles. The minimum Gasteiger partial charge on any atom is -0.373 e. The molecule has 21 heavy (non-hydrogen) atoms. The average Bonchev–Trinajstić information content (AvgIpc) is 2.53. The smallest absolute Gasteiger partial charge is 0.252 e. The van der Waals surface area contributed by atoms with Gasteiger partial charge in [0.25, 0.3) is 5.91 Å². The standard InChI is InChI=1S/C16H21N3OS/c1-17-15-11-13(12-7-3-4-8-14(12)19-15)16(20)18-9-5-6-10-21-2/h3-4,7-8,11H,5-6,9-10H2,1-2H3,(H,17,19)(H,18,20). The van der Waals surface area contributed by atoms with E-state index in [1.165, 1.54) is 0 Å². The molecule has 4 nitrogen and oxygen atoms in total. The van der Waals surface area contributed by atoms with Gasteiger partial charge in [0.2, 0.25) is 0 Å². The maximum Gasteiger partial charge on any atom is 0.252 e. The van der Waals surface area contributed by atoms with Crippen molar-refractivity contribution in [3.8, 4) is 0 Å². The van der Waals surface area contributed by atoms with E-state index in [-0.39, 0.29) is 5.91 Å². The second kappa shape index (κ2) is 7.88.